The van der Waals surface area contributed by atoms with Crippen LogP contribution in [0.15, 0.2) is 18.2 Å². The van der Waals surface area contributed by atoms with Gasteiger partial charge in [-0.1, -0.05) is 6.07 Å². The first-order valence-corrected chi connectivity index (χ1v) is 5.73. The van der Waals surface area contributed by atoms with E-state index in [1.807, 2.05) is 4.90 Å². The van der Waals surface area contributed by atoms with Gasteiger partial charge in [-0.2, -0.15) is 0 Å². The molecule has 1 unspecified atom stereocenters. The maximum atomic E-state index is 13.6. The van der Waals surface area contributed by atoms with E-state index >= 15 is 0 Å². The quantitative estimate of drug-likeness (QED) is 0.826. The van der Waals surface area contributed by atoms with Gasteiger partial charge in [-0.15, -0.1) is 0 Å². The predicted molar refractivity (Wildman–Crippen MR) is 60.6 cm³/mol. The molecule has 3 nitrogen and oxygen atoms in total. The second kappa shape index (κ2) is 5.53. The summed E-state index contributed by atoms with van der Waals surface area (Å²) in [5, 5.41) is 12.6. The molecule has 0 aromatic heterocycles. The van der Waals surface area contributed by atoms with Gasteiger partial charge in [0.1, 0.15) is 11.6 Å². The minimum Gasteiger partial charge on any atom is -0.394 e. The molecule has 1 heterocycles. The molecule has 1 aliphatic rings. The first kappa shape index (κ1) is 12.4. The molecule has 0 aliphatic carbocycles. The molecule has 2 rings (SSSR count). The molecule has 17 heavy (non-hydrogen) atoms. The lowest BCUT2D eigenvalue weighted by molar-refractivity contribution is 0.108. The summed E-state index contributed by atoms with van der Waals surface area (Å²) in [4.78, 5) is 2.01. The maximum Gasteiger partial charge on any atom is 0.130 e. The summed E-state index contributed by atoms with van der Waals surface area (Å²) in [6.45, 7) is 2.98. The lowest BCUT2D eigenvalue weighted by Gasteiger charge is -2.34. The van der Waals surface area contributed by atoms with Crippen molar-refractivity contribution in [2.24, 2.45) is 0 Å². The summed E-state index contributed by atoms with van der Waals surface area (Å²) >= 11 is 0. The molecule has 1 atom stereocenters. The summed E-state index contributed by atoms with van der Waals surface area (Å²) < 4.78 is 26.5. The largest absolute Gasteiger partial charge is 0.394 e. The van der Waals surface area contributed by atoms with Gasteiger partial charge in [0.25, 0.3) is 0 Å². The Bertz CT molecular complexity index is 381. The van der Waals surface area contributed by atoms with E-state index in [-0.39, 0.29) is 6.61 Å². The van der Waals surface area contributed by atoms with Gasteiger partial charge in [0.15, 0.2) is 0 Å². The zero-order valence-electron chi connectivity index (χ0n) is 9.50. The van der Waals surface area contributed by atoms with Crippen molar-refractivity contribution in [3.63, 3.8) is 0 Å². The Kier molecular flexibility index (Phi) is 4.04. The maximum absolute atomic E-state index is 13.6. The van der Waals surface area contributed by atoms with Crippen LogP contribution in [0.5, 0.6) is 0 Å². The third-order valence-corrected chi connectivity index (χ3v) is 3.09. The van der Waals surface area contributed by atoms with E-state index < -0.39 is 17.7 Å². The summed E-state index contributed by atoms with van der Waals surface area (Å²) in [7, 11) is 0. The Morgan fingerprint density at radius 3 is 2.59 bits per heavy atom. The van der Waals surface area contributed by atoms with E-state index in [1.165, 1.54) is 12.1 Å². The molecule has 0 bridgehead atoms. The Labute approximate surface area is 99.1 Å². The first-order chi connectivity index (χ1) is 8.22. The average molecular weight is 242 g/mol. The van der Waals surface area contributed by atoms with Crippen LogP contribution in [0.1, 0.15) is 11.6 Å². The summed E-state index contributed by atoms with van der Waals surface area (Å²) in [6, 6.07) is 3.11. The van der Waals surface area contributed by atoms with Crippen molar-refractivity contribution in [3.8, 4) is 0 Å². The standard InChI is InChI=1S/C12H16F2N2O/c13-9-1-2-10(11(14)7-9)12(8-17)16-5-3-15-4-6-16/h1-2,7,12,15,17H,3-6,8H2. The van der Waals surface area contributed by atoms with Gasteiger partial charge in [0, 0.05) is 37.8 Å². The molecular formula is C12H16F2N2O. The van der Waals surface area contributed by atoms with Gasteiger partial charge < -0.3 is 10.4 Å². The third kappa shape index (κ3) is 2.80. The number of hydrogen-bond acceptors (Lipinski definition) is 3. The summed E-state index contributed by atoms with van der Waals surface area (Å²) in [6.07, 6.45) is 0. The van der Waals surface area contributed by atoms with Crippen LogP contribution in [0.2, 0.25) is 0 Å². The topological polar surface area (TPSA) is 35.5 Å². The number of nitrogens with one attached hydrogen (secondary N) is 1. The molecule has 1 saturated heterocycles. The predicted octanol–water partition coefficient (Wildman–Crippen LogP) is 0.903. The van der Waals surface area contributed by atoms with E-state index in [9.17, 15) is 13.9 Å². The molecular weight excluding hydrogens is 226 g/mol. The van der Waals surface area contributed by atoms with Gasteiger partial charge in [0.2, 0.25) is 0 Å². The molecule has 0 saturated carbocycles. The van der Waals surface area contributed by atoms with Crippen LogP contribution in [0.3, 0.4) is 0 Å². The monoisotopic (exact) mass is 242 g/mol. The number of halogens is 2. The lowest BCUT2D eigenvalue weighted by atomic mass is 10.0. The van der Waals surface area contributed by atoms with E-state index in [0.717, 1.165) is 32.2 Å². The van der Waals surface area contributed by atoms with Crippen LogP contribution < -0.4 is 5.32 Å². The minimum absolute atomic E-state index is 0.164. The highest BCUT2D eigenvalue weighted by Gasteiger charge is 2.23. The van der Waals surface area contributed by atoms with Gasteiger partial charge in [-0.05, 0) is 6.07 Å². The van der Waals surface area contributed by atoms with Crippen LogP contribution in [0.25, 0.3) is 0 Å². The van der Waals surface area contributed by atoms with Crippen LogP contribution >= 0.6 is 0 Å². The summed E-state index contributed by atoms with van der Waals surface area (Å²) in [5.41, 5.74) is 0.357. The van der Waals surface area contributed by atoms with Crippen molar-refractivity contribution >= 4 is 0 Å². The fourth-order valence-electron chi connectivity index (χ4n) is 2.18. The molecule has 94 valence electrons. The summed E-state index contributed by atoms with van der Waals surface area (Å²) in [5.74, 6) is -1.19. The first-order valence-electron chi connectivity index (χ1n) is 5.73. The third-order valence-electron chi connectivity index (χ3n) is 3.09. The molecule has 1 aromatic rings. The van der Waals surface area contributed by atoms with Gasteiger partial charge in [0.05, 0.1) is 12.6 Å². The average Bonchev–Trinajstić information content (AvgIpc) is 2.34. The molecule has 0 amide bonds. The van der Waals surface area contributed by atoms with Crippen molar-refractivity contribution < 1.29 is 13.9 Å². The van der Waals surface area contributed by atoms with Crippen LogP contribution in [-0.4, -0.2) is 42.8 Å². The number of nitrogens with zero attached hydrogens (tertiary/aromatic N) is 1. The zero-order valence-corrected chi connectivity index (χ0v) is 9.50. The lowest BCUT2D eigenvalue weighted by Crippen LogP contribution is -2.46. The Morgan fingerprint density at radius 2 is 2.00 bits per heavy atom. The van der Waals surface area contributed by atoms with Crippen molar-refractivity contribution in [3.05, 3.63) is 35.4 Å². The van der Waals surface area contributed by atoms with Crippen LogP contribution in [0.4, 0.5) is 8.78 Å². The number of rotatable bonds is 3. The van der Waals surface area contributed by atoms with Crippen molar-refractivity contribution in [2.45, 2.75) is 6.04 Å². The van der Waals surface area contributed by atoms with Gasteiger partial charge in [-0.3, -0.25) is 4.90 Å². The van der Waals surface area contributed by atoms with E-state index in [2.05, 4.69) is 5.32 Å². The zero-order chi connectivity index (χ0) is 12.3. The fourth-order valence-corrected chi connectivity index (χ4v) is 2.18. The number of aliphatic hydroxyl groups is 1. The molecule has 1 fully saturated rings. The van der Waals surface area contributed by atoms with E-state index in [0.29, 0.717) is 5.56 Å². The Hall–Kier alpha value is -1.04. The van der Waals surface area contributed by atoms with Crippen molar-refractivity contribution in [2.75, 3.05) is 32.8 Å². The Morgan fingerprint density at radius 1 is 1.29 bits per heavy atom. The number of aliphatic hydroxyl groups excluding tert-OH is 1. The molecule has 0 radical (unpaired) electrons. The highest BCUT2D eigenvalue weighted by atomic mass is 19.1. The normalized spacial score (nSPS) is 19.2. The highest BCUT2D eigenvalue weighted by molar-refractivity contribution is 5.22. The fraction of sp³-hybridized carbons (Fsp3) is 0.500. The van der Waals surface area contributed by atoms with Crippen LogP contribution in [0, 0.1) is 11.6 Å². The highest BCUT2D eigenvalue weighted by Crippen LogP contribution is 2.23. The van der Waals surface area contributed by atoms with Crippen LogP contribution in [-0.2, 0) is 0 Å². The smallest absolute Gasteiger partial charge is 0.130 e. The molecule has 1 aliphatic heterocycles. The van der Waals surface area contributed by atoms with E-state index in [4.69, 9.17) is 0 Å². The molecule has 2 N–H and O–H groups in total. The SMILES string of the molecule is OCC(c1ccc(F)cc1F)N1CCNCC1. The van der Waals surface area contributed by atoms with E-state index in [1.54, 1.807) is 0 Å². The second-order valence-corrected chi connectivity index (χ2v) is 4.15. The molecule has 0 spiro atoms. The van der Waals surface area contributed by atoms with Gasteiger partial charge in [-0.25, -0.2) is 8.78 Å². The Balaban J connectivity index is 2.21. The second-order valence-electron chi connectivity index (χ2n) is 4.15. The number of hydrogen-bond donors (Lipinski definition) is 2. The minimum atomic E-state index is -0.595. The number of benzene rings is 1. The van der Waals surface area contributed by atoms with Gasteiger partial charge >= 0.3 is 0 Å². The molecule has 5 heteroatoms. The van der Waals surface area contributed by atoms with Crippen molar-refractivity contribution in [1.82, 2.24) is 10.2 Å². The molecule has 1 aromatic carbocycles. The number of piperazine rings is 1. The van der Waals surface area contributed by atoms with Crippen molar-refractivity contribution in [1.29, 1.82) is 0 Å².